The van der Waals surface area contributed by atoms with E-state index in [0.29, 0.717) is 0 Å². The molecule has 0 radical (unpaired) electrons. The van der Waals surface area contributed by atoms with Gasteiger partial charge in [0.1, 0.15) is 0 Å². The Morgan fingerprint density at radius 1 is 1.09 bits per heavy atom. The minimum atomic E-state index is -0.250. The topological polar surface area (TPSA) is 47.6 Å². The van der Waals surface area contributed by atoms with Crippen molar-refractivity contribution in [2.45, 2.75) is 150 Å². The van der Waals surface area contributed by atoms with E-state index in [1.165, 1.54) is 100 Å². The summed E-state index contributed by atoms with van der Waals surface area (Å²) in [7, 11) is 1.44. The number of carbonyl (C=O) groups excluding carboxylic acids is 1. The van der Waals surface area contributed by atoms with Gasteiger partial charge in [0, 0.05) is 18.8 Å². The maximum Gasteiger partial charge on any atom is 0.312 e. The molecule has 256 valence electrons. The van der Waals surface area contributed by atoms with Crippen molar-refractivity contribution >= 4 is 5.97 Å². The molecule has 4 nitrogen and oxygen atoms in total. The van der Waals surface area contributed by atoms with Crippen LogP contribution in [0.4, 0.5) is 0 Å². The fourth-order valence-electron chi connectivity index (χ4n) is 5.98. The number of nitrogens with one attached hydrogen (secondary N) is 1. The molecule has 1 aliphatic carbocycles. The lowest BCUT2D eigenvalue weighted by Crippen LogP contribution is -2.26. The normalized spacial score (nSPS) is 22.2. The van der Waals surface area contributed by atoms with Crippen molar-refractivity contribution in [1.82, 2.24) is 5.32 Å². The first-order chi connectivity index (χ1) is 21.8. The van der Waals surface area contributed by atoms with Gasteiger partial charge in [-0.05, 0) is 94.3 Å². The molecule has 1 fully saturated rings. The predicted molar refractivity (Wildman–Crippen MR) is 195 cm³/mol. The molecule has 0 aromatic carbocycles. The number of rotatable bonds is 14. The van der Waals surface area contributed by atoms with E-state index in [9.17, 15) is 4.79 Å². The number of unbranched alkanes of at least 4 members (excludes halogenated alkanes) is 3. The third-order valence-corrected chi connectivity index (χ3v) is 9.23. The van der Waals surface area contributed by atoms with Crippen molar-refractivity contribution < 1.29 is 14.3 Å². The third-order valence-electron chi connectivity index (χ3n) is 9.23. The lowest BCUT2D eigenvalue weighted by Gasteiger charge is -2.29. The van der Waals surface area contributed by atoms with Crippen molar-refractivity contribution in [1.29, 1.82) is 0 Å². The zero-order valence-electron chi connectivity index (χ0n) is 30.4. The molecule has 2 heterocycles. The maximum absolute atomic E-state index is 11.9. The molecule has 3 aliphatic rings. The van der Waals surface area contributed by atoms with Gasteiger partial charge in [-0.3, -0.25) is 4.79 Å². The lowest BCUT2D eigenvalue weighted by atomic mass is 9.86. The molecule has 2 unspecified atom stereocenters. The van der Waals surface area contributed by atoms with Crippen LogP contribution in [0.15, 0.2) is 71.0 Å². The number of ether oxygens (including phenoxy) is 2. The molecule has 0 bridgehead atoms. The average Bonchev–Trinajstić information content (AvgIpc) is 3.05. The zero-order valence-corrected chi connectivity index (χ0v) is 30.4. The van der Waals surface area contributed by atoms with Gasteiger partial charge in [-0.25, -0.2) is 0 Å². The van der Waals surface area contributed by atoms with Crippen LogP contribution < -0.4 is 5.32 Å². The van der Waals surface area contributed by atoms with Gasteiger partial charge >= 0.3 is 5.97 Å². The number of esters is 1. The van der Waals surface area contributed by atoms with Crippen LogP contribution in [-0.2, 0) is 14.3 Å². The lowest BCUT2D eigenvalue weighted by molar-refractivity contribution is -0.143. The number of hydrogen-bond acceptors (Lipinski definition) is 4. The van der Waals surface area contributed by atoms with E-state index in [2.05, 4.69) is 70.8 Å². The molecule has 2 atom stereocenters. The molecule has 3 rings (SSSR count). The van der Waals surface area contributed by atoms with Crippen molar-refractivity contribution in [2.75, 3.05) is 20.3 Å². The van der Waals surface area contributed by atoms with Crippen molar-refractivity contribution in [2.24, 2.45) is 11.8 Å². The predicted octanol–water partition coefficient (Wildman–Crippen LogP) is 11.5. The molecule has 0 saturated carbocycles. The maximum atomic E-state index is 11.9. The largest absolute Gasteiger partial charge is 0.469 e. The van der Waals surface area contributed by atoms with Crippen LogP contribution in [0.1, 0.15) is 144 Å². The van der Waals surface area contributed by atoms with Crippen LogP contribution in [0, 0.1) is 11.8 Å². The molecule has 0 spiro atoms. The second kappa shape index (κ2) is 25.8. The molecule has 0 aromatic rings. The van der Waals surface area contributed by atoms with Gasteiger partial charge in [0.2, 0.25) is 0 Å². The first-order valence-electron chi connectivity index (χ1n) is 18.4. The number of carbonyl (C=O) groups is 1. The monoisotopic (exact) mass is 624 g/mol. The first-order valence-corrected chi connectivity index (χ1v) is 18.4. The van der Waals surface area contributed by atoms with Crippen LogP contribution in [0.2, 0.25) is 0 Å². The van der Waals surface area contributed by atoms with E-state index in [-0.39, 0.29) is 18.0 Å². The highest BCUT2D eigenvalue weighted by Gasteiger charge is 2.27. The highest BCUT2D eigenvalue weighted by Crippen LogP contribution is 2.31. The Morgan fingerprint density at radius 3 is 2.47 bits per heavy atom. The zero-order chi connectivity index (χ0) is 33.3. The summed E-state index contributed by atoms with van der Waals surface area (Å²) in [6, 6.07) is 0. The van der Waals surface area contributed by atoms with Crippen LogP contribution >= 0.6 is 0 Å². The Balaban J connectivity index is 0.000000363. The summed E-state index contributed by atoms with van der Waals surface area (Å²) in [5, 5.41) is 3.41. The van der Waals surface area contributed by atoms with E-state index < -0.39 is 0 Å². The second-order valence-corrected chi connectivity index (χ2v) is 12.8. The van der Waals surface area contributed by atoms with Crippen molar-refractivity contribution in [3.8, 4) is 0 Å². The number of methoxy groups -OCH3 is 1. The third kappa shape index (κ3) is 17.2. The van der Waals surface area contributed by atoms with Crippen molar-refractivity contribution in [3.63, 3.8) is 0 Å². The Labute approximate surface area is 278 Å². The van der Waals surface area contributed by atoms with E-state index in [4.69, 9.17) is 9.47 Å². The summed E-state index contributed by atoms with van der Waals surface area (Å²) in [4.78, 5) is 11.9. The highest BCUT2D eigenvalue weighted by atomic mass is 16.5. The molecule has 1 N–H and O–H groups in total. The van der Waals surface area contributed by atoms with Gasteiger partial charge in [0.05, 0.1) is 19.1 Å². The number of hydrogen-bond donors (Lipinski definition) is 1. The van der Waals surface area contributed by atoms with E-state index in [1.54, 1.807) is 0 Å². The molecular formula is C41H69NO3. The fourth-order valence-corrected chi connectivity index (χ4v) is 5.98. The molecule has 0 amide bonds. The van der Waals surface area contributed by atoms with Gasteiger partial charge in [-0.2, -0.15) is 0 Å². The Kier molecular flexibility index (Phi) is 23.3. The van der Waals surface area contributed by atoms with Crippen LogP contribution in [0.5, 0.6) is 0 Å². The standard InChI is InChI=1S/C17H24O3.C15H25N.C9H20/c1-13(17(18)19-2)14-9-5-3-4-6-10-15(14)16-11-7-8-12-20-16;1-4-5-6-8-13(2)10-11-15-9-7-12-16-14(15)3;1-4-7-8-9(5-2)6-3/h3,5,9-10,13,16H,4,6-8,11-12H2,1-2H3;10-11,16H,2,4-9,12H2,1,3H3;9H,4-8H2,1-3H3/b5-3-,14-9-,15-10+;11-10-;. The first kappa shape index (κ1) is 40.7. The summed E-state index contributed by atoms with van der Waals surface area (Å²) in [5.41, 5.74) is 6.28. The van der Waals surface area contributed by atoms with Gasteiger partial charge in [-0.15, -0.1) is 0 Å². The van der Waals surface area contributed by atoms with E-state index in [0.717, 1.165) is 56.7 Å². The minimum Gasteiger partial charge on any atom is -0.469 e. The van der Waals surface area contributed by atoms with Gasteiger partial charge in [-0.1, -0.05) is 121 Å². The molecule has 0 aromatic heterocycles. The van der Waals surface area contributed by atoms with Gasteiger partial charge in [0.25, 0.3) is 0 Å². The number of allylic oxidation sites excluding steroid dienone is 9. The summed E-state index contributed by atoms with van der Waals surface area (Å²) < 4.78 is 10.8. The van der Waals surface area contributed by atoms with E-state index >= 15 is 0 Å². The van der Waals surface area contributed by atoms with Crippen LogP contribution in [0.25, 0.3) is 0 Å². The van der Waals surface area contributed by atoms with E-state index in [1.807, 2.05) is 19.1 Å². The summed E-state index contributed by atoms with van der Waals surface area (Å²) in [6.07, 6.45) is 32.9. The second-order valence-electron chi connectivity index (χ2n) is 12.8. The molecular weight excluding hydrogens is 554 g/mol. The highest BCUT2D eigenvalue weighted by molar-refractivity contribution is 5.77. The SMILES string of the molecule is C=C(/C=C\C1=C(C)NCCC1)CCCCC.CCCCC(CC)CC.COC(=O)C(C)C1=C/C=C\CC/C=C\1C1CCCCO1. The Morgan fingerprint density at radius 2 is 1.84 bits per heavy atom. The Bertz CT molecular complexity index is 973. The van der Waals surface area contributed by atoms with Gasteiger partial charge in [0.15, 0.2) is 0 Å². The quantitative estimate of drug-likeness (QED) is 0.119. The Hall–Kier alpha value is -2.33. The fraction of sp³-hybridized carbons (Fsp3) is 0.683. The molecule has 45 heavy (non-hydrogen) atoms. The smallest absolute Gasteiger partial charge is 0.312 e. The van der Waals surface area contributed by atoms with Crippen molar-refractivity contribution in [3.05, 3.63) is 71.0 Å². The van der Waals surface area contributed by atoms with Crippen LogP contribution in [0.3, 0.4) is 0 Å². The molecule has 4 heteroatoms. The van der Waals surface area contributed by atoms with Gasteiger partial charge < -0.3 is 14.8 Å². The molecule has 2 aliphatic heterocycles. The summed E-state index contributed by atoms with van der Waals surface area (Å²) in [6.45, 7) is 19.2. The molecule has 1 saturated heterocycles. The minimum absolute atomic E-state index is 0.133. The summed E-state index contributed by atoms with van der Waals surface area (Å²) in [5.74, 6) is 0.566. The average molecular weight is 624 g/mol. The van der Waals surface area contributed by atoms with Crippen LogP contribution in [-0.4, -0.2) is 32.3 Å². The summed E-state index contributed by atoms with van der Waals surface area (Å²) >= 11 is 0.